The Morgan fingerprint density at radius 2 is 1.73 bits per heavy atom. The van der Waals surface area contributed by atoms with E-state index in [1.54, 1.807) is 12.1 Å². The van der Waals surface area contributed by atoms with Gasteiger partial charge in [-0.1, -0.05) is 15.9 Å². The Labute approximate surface area is 162 Å². The summed E-state index contributed by atoms with van der Waals surface area (Å²) in [5.41, 5.74) is 0.616. The van der Waals surface area contributed by atoms with E-state index < -0.39 is 0 Å². The number of halogens is 1. The summed E-state index contributed by atoms with van der Waals surface area (Å²) in [6.45, 7) is 5.45. The van der Waals surface area contributed by atoms with Crippen LogP contribution in [0, 0.1) is 0 Å². The van der Waals surface area contributed by atoms with Crippen molar-refractivity contribution in [1.82, 2.24) is 20.9 Å². The summed E-state index contributed by atoms with van der Waals surface area (Å²) in [6, 6.07) is 7.20. The maximum Gasteiger partial charge on any atom is 0.251 e. The van der Waals surface area contributed by atoms with Crippen LogP contribution < -0.4 is 16.0 Å². The molecule has 1 saturated heterocycles. The van der Waals surface area contributed by atoms with E-state index in [9.17, 15) is 9.59 Å². The summed E-state index contributed by atoms with van der Waals surface area (Å²) in [4.78, 5) is 30.3. The van der Waals surface area contributed by atoms with Crippen LogP contribution in [0.25, 0.3) is 0 Å². The van der Waals surface area contributed by atoms with Gasteiger partial charge in [-0.2, -0.15) is 0 Å². The van der Waals surface area contributed by atoms with Gasteiger partial charge in [0.25, 0.3) is 5.91 Å². The minimum atomic E-state index is -0.120. The number of amides is 2. The van der Waals surface area contributed by atoms with Crippen LogP contribution in [-0.2, 0) is 4.79 Å². The quantitative estimate of drug-likeness (QED) is 0.351. The van der Waals surface area contributed by atoms with Crippen LogP contribution in [0.1, 0.15) is 30.1 Å². The van der Waals surface area contributed by atoms with Crippen LogP contribution in [0.5, 0.6) is 0 Å². The maximum atomic E-state index is 12.1. The van der Waals surface area contributed by atoms with Crippen molar-refractivity contribution in [3.63, 3.8) is 0 Å². The lowest BCUT2D eigenvalue weighted by atomic mass is 10.2. The molecule has 3 N–H and O–H groups in total. The highest BCUT2D eigenvalue weighted by Crippen LogP contribution is 2.10. The molecular formula is C18H26BrN5O2. The highest BCUT2D eigenvalue weighted by molar-refractivity contribution is 9.10. The number of hydrogen-bond acceptors (Lipinski definition) is 3. The number of benzene rings is 1. The predicted octanol–water partition coefficient (Wildman–Crippen LogP) is 1.36. The second-order valence-corrected chi connectivity index (χ2v) is 6.89. The molecule has 2 amide bonds. The molecule has 0 aliphatic carbocycles. The molecule has 1 heterocycles. The third kappa shape index (κ3) is 6.67. The van der Waals surface area contributed by atoms with Crippen LogP contribution in [0.4, 0.5) is 0 Å². The Kier molecular flexibility index (Phi) is 8.40. The lowest BCUT2D eigenvalue weighted by Gasteiger charge is -2.15. The van der Waals surface area contributed by atoms with Crippen molar-refractivity contribution in [2.75, 3.05) is 39.3 Å². The zero-order valence-corrected chi connectivity index (χ0v) is 16.6. The molecule has 1 aromatic carbocycles. The van der Waals surface area contributed by atoms with E-state index in [0.29, 0.717) is 31.2 Å². The SMILES string of the molecule is CCNC(=NCC(=O)N1CCCC1)NCCNC(=O)c1ccc(Br)cc1. The Bertz CT molecular complexity index is 627. The molecule has 1 fully saturated rings. The Morgan fingerprint density at radius 3 is 2.38 bits per heavy atom. The van der Waals surface area contributed by atoms with Crippen molar-refractivity contribution in [1.29, 1.82) is 0 Å². The van der Waals surface area contributed by atoms with Gasteiger partial charge in [0.15, 0.2) is 5.96 Å². The van der Waals surface area contributed by atoms with Gasteiger partial charge in [-0.05, 0) is 44.0 Å². The number of likely N-dealkylation sites (tertiary alicyclic amines) is 1. The van der Waals surface area contributed by atoms with Gasteiger partial charge in [0, 0.05) is 42.8 Å². The number of nitrogens with zero attached hydrogens (tertiary/aromatic N) is 2. The van der Waals surface area contributed by atoms with E-state index in [1.165, 1.54) is 0 Å². The molecule has 2 rings (SSSR count). The lowest BCUT2D eigenvalue weighted by molar-refractivity contribution is -0.128. The number of rotatable bonds is 7. The molecule has 8 heteroatoms. The number of guanidine groups is 1. The van der Waals surface area contributed by atoms with Crippen molar-refractivity contribution < 1.29 is 9.59 Å². The third-order valence-corrected chi connectivity index (χ3v) is 4.51. The van der Waals surface area contributed by atoms with E-state index in [-0.39, 0.29) is 18.4 Å². The summed E-state index contributed by atoms with van der Waals surface area (Å²) in [7, 11) is 0. The highest BCUT2D eigenvalue weighted by atomic mass is 79.9. The molecule has 7 nitrogen and oxygen atoms in total. The van der Waals surface area contributed by atoms with Crippen LogP contribution in [0.3, 0.4) is 0 Å². The molecule has 0 atom stereocenters. The first-order chi connectivity index (χ1) is 12.6. The first-order valence-electron chi connectivity index (χ1n) is 8.94. The van der Waals surface area contributed by atoms with Gasteiger partial charge in [-0.15, -0.1) is 0 Å². The number of nitrogens with one attached hydrogen (secondary N) is 3. The maximum absolute atomic E-state index is 12.1. The number of aliphatic imine (C=N–C) groups is 1. The average molecular weight is 424 g/mol. The van der Waals surface area contributed by atoms with E-state index in [4.69, 9.17) is 0 Å². The van der Waals surface area contributed by atoms with Crippen molar-refractivity contribution >= 4 is 33.7 Å². The van der Waals surface area contributed by atoms with Gasteiger partial charge < -0.3 is 20.9 Å². The van der Waals surface area contributed by atoms with E-state index >= 15 is 0 Å². The van der Waals surface area contributed by atoms with E-state index in [1.807, 2.05) is 24.0 Å². The zero-order valence-electron chi connectivity index (χ0n) is 15.1. The largest absolute Gasteiger partial charge is 0.357 e. The molecule has 0 radical (unpaired) electrons. The summed E-state index contributed by atoms with van der Waals surface area (Å²) in [5, 5.41) is 9.08. The molecule has 0 saturated carbocycles. The second kappa shape index (κ2) is 10.8. The molecule has 1 aliphatic rings. The second-order valence-electron chi connectivity index (χ2n) is 5.97. The zero-order chi connectivity index (χ0) is 18.8. The normalized spacial score (nSPS) is 14.2. The number of carbonyl (C=O) groups is 2. The molecule has 0 bridgehead atoms. The molecular weight excluding hydrogens is 398 g/mol. The van der Waals surface area contributed by atoms with Crippen LogP contribution in [-0.4, -0.2) is 61.9 Å². The van der Waals surface area contributed by atoms with Crippen LogP contribution in [0.2, 0.25) is 0 Å². The lowest BCUT2D eigenvalue weighted by Crippen LogP contribution is -2.42. The number of hydrogen-bond donors (Lipinski definition) is 3. The minimum Gasteiger partial charge on any atom is -0.357 e. The van der Waals surface area contributed by atoms with Crippen molar-refractivity contribution in [2.24, 2.45) is 4.99 Å². The number of carbonyl (C=O) groups excluding carboxylic acids is 2. The van der Waals surface area contributed by atoms with Gasteiger partial charge in [0.1, 0.15) is 6.54 Å². The molecule has 0 unspecified atom stereocenters. The van der Waals surface area contributed by atoms with E-state index in [0.717, 1.165) is 30.4 Å². The van der Waals surface area contributed by atoms with Crippen LogP contribution >= 0.6 is 15.9 Å². The first-order valence-corrected chi connectivity index (χ1v) is 9.73. The van der Waals surface area contributed by atoms with Gasteiger partial charge in [0.05, 0.1) is 0 Å². The molecule has 142 valence electrons. The smallest absolute Gasteiger partial charge is 0.251 e. The molecule has 1 aliphatic heterocycles. The fraction of sp³-hybridized carbons (Fsp3) is 0.500. The Hall–Kier alpha value is -2.09. The summed E-state index contributed by atoms with van der Waals surface area (Å²) in [5.74, 6) is 0.520. The summed E-state index contributed by atoms with van der Waals surface area (Å²) < 4.78 is 0.936. The topological polar surface area (TPSA) is 85.8 Å². The van der Waals surface area contributed by atoms with Crippen molar-refractivity contribution in [3.8, 4) is 0 Å². The van der Waals surface area contributed by atoms with Crippen molar-refractivity contribution in [3.05, 3.63) is 34.3 Å². The van der Waals surface area contributed by atoms with Crippen molar-refractivity contribution in [2.45, 2.75) is 19.8 Å². The third-order valence-electron chi connectivity index (χ3n) is 3.98. The standard InChI is InChI=1S/C18H26BrN5O2/c1-2-20-18(23-13-16(25)24-11-3-4-12-24)22-10-9-21-17(26)14-5-7-15(19)8-6-14/h5-8H,2-4,9-13H2,1H3,(H,21,26)(H2,20,22,23). The Morgan fingerprint density at radius 1 is 1.08 bits per heavy atom. The van der Waals surface area contributed by atoms with Crippen LogP contribution in [0.15, 0.2) is 33.7 Å². The fourth-order valence-electron chi connectivity index (χ4n) is 2.62. The molecule has 0 aromatic heterocycles. The molecule has 0 spiro atoms. The monoisotopic (exact) mass is 423 g/mol. The minimum absolute atomic E-state index is 0.0586. The summed E-state index contributed by atoms with van der Waals surface area (Å²) >= 11 is 3.35. The Balaban J connectivity index is 1.73. The van der Waals surface area contributed by atoms with Gasteiger partial charge in [0.2, 0.25) is 5.91 Å². The predicted molar refractivity (Wildman–Crippen MR) is 106 cm³/mol. The van der Waals surface area contributed by atoms with Gasteiger partial charge in [-0.25, -0.2) is 4.99 Å². The highest BCUT2D eigenvalue weighted by Gasteiger charge is 2.17. The fourth-order valence-corrected chi connectivity index (χ4v) is 2.88. The first kappa shape index (κ1) is 20.2. The van der Waals surface area contributed by atoms with Gasteiger partial charge in [-0.3, -0.25) is 9.59 Å². The molecule has 1 aromatic rings. The van der Waals surface area contributed by atoms with E-state index in [2.05, 4.69) is 36.9 Å². The summed E-state index contributed by atoms with van der Waals surface area (Å²) in [6.07, 6.45) is 2.15. The molecule has 26 heavy (non-hydrogen) atoms. The van der Waals surface area contributed by atoms with Gasteiger partial charge >= 0.3 is 0 Å². The average Bonchev–Trinajstić information content (AvgIpc) is 3.18.